The first kappa shape index (κ1) is 16.3. The van der Waals surface area contributed by atoms with Gasteiger partial charge in [0, 0.05) is 17.4 Å². The summed E-state index contributed by atoms with van der Waals surface area (Å²) in [6, 6.07) is 10.3. The quantitative estimate of drug-likeness (QED) is 0.632. The maximum atomic E-state index is 6.03. The minimum Gasteiger partial charge on any atom is -0.477 e. The molecule has 0 aliphatic heterocycles. The number of nitrogens with two attached hydrogens (primary N) is 1. The second-order valence-corrected chi connectivity index (χ2v) is 5.98. The van der Waals surface area contributed by atoms with Crippen LogP contribution < -0.4 is 15.8 Å². The molecule has 5 heteroatoms. The van der Waals surface area contributed by atoms with Crippen LogP contribution in [-0.4, -0.2) is 17.6 Å². The van der Waals surface area contributed by atoms with Gasteiger partial charge in [0.1, 0.15) is 0 Å². The zero-order chi connectivity index (χ0) is 16.8. The van der Waals surface area contributed by atoms with Gasteiger partial charge in [-0.05, 0) is 55.0 Å². The molecule has 0 unspecified atom stereocenters. The Morgan fingerprint density at radius 2 is 2.17 bits per heavy atom. The van der Waals surface area contributed by atoms with Gasteiger partial charge in [0.2, 0.25) is 5.88 Å². The maximum Gasteiger partial charge on any atom is 0.218 e. The van der Waals surface area contributed by atoms with Crippen molar-refractivity contribution in [2.75, 3.05) is 11.9 Å². The molecule has 0 fully saturated rings. The van der Waals surface area contributed by atoms with E-state index < -0.39 is 0 Å². The SMILES string of the molecule is CCCOc1ncccc1CN=C(N)Nc1ccc2c(c1)CCC2. The number of aliphatic imine (C=N–C) groups is 1. The van der Waals surface area contributed by atoms with Crippen LogP contribution in [0.1, 0.15) is 36.5 Å². The number of aromatic nitrogens is 1. The summed E-state index contributed by atoms with van der Waals surface area (Å²) < 4.78 is 5.65. The average Bonchev–Trinajstić information content (AvgIpc) is 3.06. The van der Waals surface area contributed by atoms with Gasteiger partial charge in [-0.25, -0.2) is 9.98 Å². The Bertz CT molecular complexity index is 727. The van der Waals surface area contributed by atoms with Crippen molar-refractivity contribution in [3.8, 4) is 5.88 Å². The minimum absolute atomic E-state index is 0.401. The Morgan fingerprint density at radius 3 is 3.04 bits per heavy atom. The standard InChI is InChI=1S/C19H24N4O/c1-2-11-24-18-16(7-4-10-21-18)13-22-19(20)23-17-9-8-14-5-3-6-15(14)12-17/h4,7-10,12H,2-3,5-6,11,13H2,1H3,(H3,20,22,23). The van der Waals surface area contributed by atoms with Crippen molar-refractivity contribution in [3.63, 3.8) is 0 Å². The van der Waals surface area contributed by atoms with Crippen LogP contribution in [0.3, 0.4) is 0 Å². The van der Waals surface area contributed by atoms with Gasteiger partial charge in [-0.3, -0.25) is 0 Å². The van der Waals surface area contributed by atoms with Crippen molar-refractivity contribution in [3.05, 3.63) is 53.2 Å². The zero-order valence-electron chi connectivity index (χ0n) is 14.1. The molecule has 1 aliphatic rings. The van der Waals surface area contributed by atoms with Gasteiger partial charge >= 0.3 is 0 Å². The number of rotatable bonds is 6. The largest absolute Gasteiger partial charge is 0.477 e. The lowest BCUT2D eigenvalue weighted by Gasteiger charge is -2.10. The molecule has 0 saturated carbocycles. The molecule has 0 atom stereocenters. The first-order chi connectivity index (χ1) is 11.8. The number of hydrogen-bond acceptors (Lipinski definition) is 3. The molecule has 0 amide bonds. The first-order valence-electron chi connectivity index (χ1n) is 8.51. The van der Waals surface area contributed by atoms with Crippen molar-refractivity contribution >= 4 is 11.6 Å². The summed E-state index contributed by atoms with van der Waals surface area (Å²) in [5.41, 5.74) is 10.8. The number of benzene rings is 1. The third-order valence-corrected chi connectivity index (χ3v) is 4.08. The van der Waals surface area contributed by atoms with Crippen molar-refractivity contribution < 1.29 is 4.74 Å². The van der Waals surface area contributed by atoms with Gasteiger partial charge in [-0.2, -0.15) is 0 Å². The van der Waals surface area contributed by atoms with E-state index in [-0.39, 0.29) is 0 Å². The number of nitrogens with zero attached hydrogens (tertiary/aromatic N) is 2. The third-order valence-electron chi connectivity index (χ3n) is 4.08. The molecular weight excluding hydrogens is 300 g/mol. The molecule has 24 heavy (non-hydrogen) atoms. The second kappa shape index (κ2) is 7.81. The van der Waals surface area contributed by atoms with Gasteiger partial charge in [-0.15, -0.1) is 0 Å². The van der Waals surface area contributed by atoms with E-state index in [0.717, 1.165) is 24.1 Å². The topological polar surface area (TPSA) is 72.5 Å². The molecule has 126 valence electrons. The number of nitrogens with one attached hydrogen (secondary N) is 1. The summed E-state index contributed by atoms with van der Waals surface area (Å²) in [6.45, 7) is 3.16. The normalized spacial score (nSPS) is 13.6. The summed E-state index contributed by atoms with van der Waals surface area (Å²) >= 11 is 0. The fraction of sp³-hybridized carbons (Fsp3) is 0.368. The zero-order valence-corrected chi connectivity index (χ0v) is 14.1. The third kappa shape index (κ3) is 4.04. The van der Waals surface area contributed by atoms with E-state index in [4.69, 9.17) is 10.5 Å². The van der Waals surface area contributed by atoms with E-state index in [0.29, 0.717) is 25.0 Å². The highest BCUT2D eigenvalue weighted by molar-refractivity contribution is 5.92. The predicted octanol–water partition coefficient (Wildman–Crippen LogP) is 3.29. The Morgan fingerprint density at radius 1 is 1.29 bits per heavy atom. The molecule has 1 heterocycles. The number of guanidine groups is 1. The summed E-state index contributed by atoms with van der Waals surface area (Å²) in [4.78, 5) is 8.68. The number of ether oxygens (including phenoxy) is 1. The van der Waals surface area contributed by atoms with Crippen LogP contribution in [0.5, 0.6) is 5.88 Å². The van der Waals surface area contributed by atoms with E-state index in [1.165, 1.54) is 24.0 Å². The highest BCUT2D eigenvalue weighted by Crippen LogP contribution is 2.24. The molecular formula is C19H24N4O. The molecule has 0 saturated heterocycles. The van der Waals surface area contributed by atoms with Gasteiger partial charge in [0.15, 0.2) is 5.96 Å². The monoisotopic (exact) mass is 324 g/mol. The Hall–Kier alpha value is -2.56. The number of anilines is 1. The van der Waals surface area contributed by atoms with Crippen molar-refractivity contribution in [2.24, 2.45) is 10.7 Å². The van der Waals surface area contributed by atoms with Gasteiger partial charge < -0.3 is 15.8 Å². The first-order valence-corrected chi connectivity index (χ1v) is 8.51. The lowest BCUT2D eigenvalue weighted by atomic mass is 10.1. The molecule has 0 radical (unpaired) electrons. The maximum absolute atomic E-state index is 6.03. The van der Waals surface area contributed by atoms with Gasteiger partial charge in [-0.1, -0.05) is 19.1 Å². The van der Waals surface area contributed by atoms with Crippen LogP contribution in [0.4, 0.5) is 5.69 Å². The summed E-state index contributed by atoms with van der Waals surface area (Å²) in [6.07, 6.45) is 6.24. The smallest absolute Gasteiger partial charge is 0.218 e. The fourth-order valence-corrected chi connectivity index (χ4v) is 2.88. The second-order valence-electron chi connectivity index (χ2n) is 5.98. The van der Waals surface area contributed by atoms with Crippen molar-refractivity contribution in [1.29, 1.82) is 0 Å². The van der Waals surface area contributed by atoms with E-state index >= 15 is 0 Å². The van der Waals surface area contributed by atoms with Crippen LogP contribution in [-0.2, 0) is 19.4 Å². The van der Waals surface area contributed by atoms with E-state index in [9.17, 15) is 0 Å². The molecule has 1 aromatic heterocycles. The van der Waals surface area contributed by atoms with Crippen LogP contribution in [0.2, 0.25) is 0 Å². The van der Waals surface area contributed by atoms with E-state index in [1.54, 1.807) is 6.20 Å². The van der Waals surface area contributed by atoms with Gasteiger partial charge in [0.05, 0.1) is 13.2 Å². The lowest BCUT2D eigenvalue weighted by Crippen LogP contribution is -2.22. The highest BCUT2D eigenvalue weighted by atomic mass is 16.5. The predicted molar refractivity (Wildman–Crippen MR) is 97.4 cm³/mol. The van der Waals surface area contributed by atoms with Crippen LogP contribution in [0.25, 0.3) is 0 Å². The van der Waals surface area contributed by atoms with Crippen LogP contribution >= 0.6 is 0 Å². The lowest BCUT2D eigenvalue weighted by molar-refractivity contribution is 0.302. The molecule has 2 aromatic rings. The molecule has 5 nitrogen and oxygen atoms in total. The van der Waals surface area contributed by atoms with E-state index in [2.05, 4.69) is 40.4 Å². The summed E-state index contributed by atoms with van der Waals surface area (Å²) in [7, 11) is 0. The molecule has 1 aliphatic carbocycles. The Balaban J connectivity index is 1.64. The Labute approximate surface area is 143 Å². The number of hydrogen-bond donors (Lipinski definition) is 2. The summed E-state index contributed by atoms with van der Waals surface area (Å²) in [5.74, 6) is 1.03. The van der Waals surface area contributed by atoms with Gasteiger partial charge in [0.25, 0.3) is 0 Å². The molecule has 0 spiro atoms. The number of pyridine rings is 1. The van der Waals surface area contributed by atoms with Crippen molar-refractivity contribution in [1.82, 2.24) is 4.98 Å². The Kier molecular flexibility index (Phi) is 5.31. The fourth-order valence-electron chi connectivity index (χ4n) is 2.88. The van der Waals surface area contributed by atoms with Crippen LogP contribution in [0.15, 0.2) is 41.5 Å². The summed E-state index contributed by atoms with van der Waals surface area (Å²) in [5, 5.41) is 3.17. The number of fused-ring (bicyclic) bond motifs is 1. The number of aryl methyl sites for hydroxylation is 2. The van der Waals surface area contributed by atoms with Crippen LogP contribution in [0, 0.1) is 0 Å². The average molecular weight is 324 g/mol. The minimum atomic E-state index is 0.401. The highest BCUT2D eigenvalue weighted by Gasteiger charge is 2.11. The molecule has 1 aromatic carbocycles. The molecule has 3 rings (SSSR count). The molecule has 3 N–H and O–H groups in total. The van der Waals surface area contributed by atoms with Crippen molar-refractivity contribution in [2.45, 2.75) is 39.2 Å². The van der Waals surface area contributed by atoms with E-state index in [1.807, 2.05) is 12.1 Å². The molecule has 0 bridgehead atoms.